The number of carbonyl (C=O) groups excluding carboxylic acids is 1. The van der Waals surface area contributed by atoms with Crippen molar-refractivity contribution in [3.05, 3.63) is 46.5 Å². The fraction of sp³-hybridized carbons (Fsp3) is 0.562. The molecule has 6 rings (SSSR count). The number of piperidine rings is 1. The first-order valence-electron chi connectivity index (χ1n) is 14.4. The van der Waals surface area contributed by atoms with Crippen LogP contribution in [0.15, 0.2) is 24.3 Å². The van der Waals surface area contributed by atoms with Crippen molar-refractivity contribution in [3.8, 4) is 17.2 Å². The first-order valence-corrected chi connectivity index (χ1v) is 14.4. The summed E-state index contributed by atoms with van der Waals surface area (Å²) in [5.41, 5.74) is 4.21. The van der Waals surface area contributed by atoms with Crippen LogP contribution in [0.1, 0.15) is 80.9 Å². The second kappa shape index (κ2) is 9.17. The van der Waals surface area contributed by atoms with Crippen LogP contribution in [0, 0.1) is 17.2 Å². The highest BCUT2D eigenvalue weighted by atomic mass is 16.5. The third-order valence-corrected chi connectivity index (χ3v) is 8.97. The Balaban J connectivity index is 1.34. The maximum atomic E-state index is 14.0. The number of carbonyl (C=O) groups is 1. The second-order valence-electron chi connectivity index (χ2n) is 12.6. The van der Waals surface area contributed by atoms with Gasteiger partial charge >= 0.3 is 0 Å². The van der Waals surface area contributed by atoms with Crippen molar-refractivity contribution in [3.63, 3.8) is 0 Å². The first-order chi connectivity index (χ1) is 18.6. The number of ketones is 1. The molecule has 2 aliphatic carbocycles. The topological polar surface area (TPSA) is 75.1 Å². The Hall–Kier alpha value is -3.22. The van der Waals surface area contributed by atoms with E-state index in [1.54, 1.807) is 7.11 Å². The Morgan fingerprint density at radius 2 is 1.67 bits per heavy atom. The average molecular weight is 532 g/mol. The molecule has 39 heavy (non-hydrogen) atoms. The average Bonchev–Trinajstić information content (AvgIpc) is 3.81. The van der Waals surface area contributed by atoms with Gasteiger partial charge < -0.3 is 24.0 Å². The van der Waals surface area contributed by atoms with E-state index in [9.17, 15) is 4.79 Å². The van der Waals surface area contributed by atoms with Gasteiger partial charge in [-0.05, 0) is 80.2 Å². The molecule has 7 heteroatoms. The number of Topliss-reactive ketones (excluding diaryl/α,β-unsaturated/α-hetero) is 1. The van der Waals surface area contributed by atoms with Gasteiger partial charge in [0.15, 0.2) is 17.3 Å². The Morgan fingerprint density at radius 1 is 1.03 bits per heavy atom. The fourth-order valence-electron chi connectivity index (χ4n) is 6.68. The third kappa shape index (κ3) is 4.25. The van der Waals surface area contributed by atoms with Gasteiger partial charge in [-0.2, -0.15) is 0 Å². The Labute approximate surface area is 231 Å². The van der Waals surface area contributed by atoms with E-state index in [1.165, 1.54) is 6.42 Å². The molecular formula is C32H41N3O4. The van der Waals surface area contributed by atoms with Gasteiger partial charge in [0.25, 0.3) is 0 Å². The minimum absolute atomic E-state index is 0.0349. The number of methoxy groups -OCH3 is 1. The van der Waals surface area contributed by atoms with Crippen LogP contribution in [0.5, 0.6) is 17.2 Å². The zero-order chi connectivity index (χ0) is 27.7. The summed E-state index contributed by atoms with van der Waals surface area (Å²) in [4.78, 5) is 18.4. The number of anilines is 1. The van der Waals surface area contributed by atoms with Crippen LogP contribution in [0.3, 0.4) is 0 Å². The molecule has 3 fully saturated rings. The smallest absolute Gasteiger partial charge is 0.182 e. The SMILES string of the molecule is CCOc1cc2c(cc1OCC)C1(CC1)N(CC(=O)c1cc(N3CC4CC4C3)c(OC)c(C(C)(C)C)c1)C2=N. The number of ether oxygens (including phenoxy) is 3. The summed E-state index contributed by atoms with van der Waals surface area (Å²) in [6, 6.07) is 8.03. The van der Waals surface area contributed by atoms with Gasteiger partial charge in [-0.1, -0.05) is 20.8 Å². The lowest BCUT2D eigenvalue weighted by atomic mass is 9.84. The van der Waals surface area contributed by atoms with Gasteiger partial charge in [0.2, 0.25) is 0 Å². The number of nitrogens with zero attached hydrogens (tertiary/aromatic N) is 2. The number of hydrogen-bond donors (Lipinski definition) is 1. The van der Waals surface area contributed by atoms with Crippen LogP contribution in [0.4, 0.5) is 5.69 Å². The maximum Gasteiger partial charge on any atom is 0.182 e. The van der Waals surface area contributed by atoms with Crippen LogP contribution in [-0.2, 0) is 11.0 Å². The van der Waals surface area contributed by atoms with Gasteiger partial charge in [-0.15, -0.1) is 0 Å². The highest BCUT2D eigenvalue weighted by Crippen LogP contribution is 2.58. The van der Waals surface area contributed by atoms with Gasteiger partial charge in [0.1, 0.15) is 11.6 Å². The molecule has 0 amide bonds. The molecule has 2 aliphatic heterocycles. The minimum Gasteiger partial charge on any atom is -0.494 e. The molecule has 0 bridgehead atoms. The molecule has 7 nitrogen and oxygen atoms in total. The number of hydrogen-bond acceptors (Lipinski definition) is 6. The fourth-order valence-corrected chi connectivity index (χ4v) is 6.68. The standard InChI is InChI=1S/C32H41N3O4/c1-7-38-27-14-22-23(15-28(27)39-8-2)32(9-10-32)35(30(22)33)18-26(36)19-12-24(31(3,4)5)29(37-6)25(13-19)34-16-20-11-21(20)17-34/h12-15,20-21,33H,7-11,16-18H2,1-6H3. The lowest BCUT2D eigenvalue weighted by Gasteiger charge is -2.30. The molecule has 1 saturated heterocycles. The molecule has 2 saturated carbocycles. The van der Waals surface area contributed by atoms with E-state index in [-0.39, 0.29) is 23.3 Å². The summed E-state index contributed by atoms with van der Waals surface area (Å²) in [7, 11) is 1.74. The van der Waals surface area contributed by atoms with Crippen LogP contribution in [0.25, 0.3) is 0 Å². The summed E-state index contributed by atoms with van der Waals surface area (Å²) in [6.45, 7) is 13.7. The predicted molar refractivity (Wildman–Crippen MR) is 153 cm³/mol. The first kappa shape index (κ1) is 26.0. The summed E-state index contributed by atoms with van der Waals surface area (Å²) in [6.07, 6.45) is 3.17. The van der Waals surface area contributed by atoms with E-state index in [1.807, 2.05) is 43.0 Å². The van der Waals surface area contributed by atoms with Crippen LogP contribution < -0.4 is 19.1 Å². The zero-order valence-electron chi connectivity index (χ0n) is 24.1. The van der Waals surface area contributed by atoms with Crippen molar-refractivity contribution in [2.24, 2.45) is 11.8 Å². The molecule has 0 radical (unpaired) electrons. The summed E-state index contributed by atoms with van der Waals surface area (Å²) in [5.74, 6) is 4.22. The van der Waals surface area contributed by atoms with E-state index in [0.29, 0.717) is 36.1 Å². The van der Waals surface area contributed by atoms with Crippen molar-refractivity contribution in [1.29, 1.82) is 5.41 Å². The molecule has 2 aromatic carbocycles. The molecular weight excluding hydrogens is 490 g/mol. The third-order valence-electron chi connectivity index (χ3n) is 8.97. The highest BCUT2D eigenvalue weighted by Gasteiger charge is 2.57. The molecule has 1 N–H and O–H groups in total. The lowest BCUT2D eigenvalue weighted by molar-refractivity contribution is 0.0943. The Morgan fingerprint density at radius 3 is 2.23 bits per heavy atom. The van der Waals surface area contributed by atoms with Crippen LogP contribution in [0.2, 0.25) is 0 Å². The van der Waals surface area contributed by atoms with E-state index < -0.39 is 0 Å². The minimum atomic E-state index is -0.308. The largest absolute Gasteiger partial charge is 0.494 e. The highest BCUT2D eigenvalue weighted by molar-refractivity contribution is 6.07. The molecule has 1 spiro atoms. The monoisotopic (exact) mass is 531 g/mol. The second-order valence-corrected chi connectivity index (χ2v) is 12.6. The van der Waals surface area contributed by atoms with E-state index in [4.69, 9.17) is 19.6 Å². The molecule has 0 aromatic heterocycles. The Kier molecular flexibility index (Phi) is 6.12. The molecule has 4 aliphatic rings. The van der Waals surface area contributed by atoms with Crippen molar-refractivity contribution in [2.75, 3.05) is 44.9 Å². The normalized spacial score (nSPS) is 22.2. The number of nitrogens with one attached hydrogen (secondary N) is 1. The van der Waals surface area contributed by atoms with Crippen LogP contribution in [-0.4, -0.2) is 56.5 Å². The predicted octanol–water partition coefficient (Wildman–Crippen LogP) is 5.76. The van der Waals surface area contributed by atoms with Gasteiger partial charge in [0, 0.05) is 29.8 Å². The van der Waals surface area contributed by atoms with E-state index >= 15 is 0 Å². The van der Waals surface area contributed by atoms with Crippen molar-refractivity contribution in [1.82, 2.24) is 4.90 Å². The Bertz CT molecular complexity index is 1330. The number of amidine groups is 1. The van der Waals surface area contributed by atoms with Gasteiger partial charge in [-0.25, -0.2) is 0 Å². The quantitative estimate of drug-likeness (QED) is 0.415. The molecule has 2 aromatic rings. The van der Waals surface area contributed by atoms with E-state index in [2.05, 4.69) is 25.7 Å². The summed E-state index contributed by atoms with van der Waals surface area (Å²) in [5, 5.41) is 9.10. The van der Waals surface area contributed by atoms with Crippen molar-refractivity contribution >= 4 is 17.3 Å². The van der Waals surface area contributed by atoms with Gasteiger partial charge in [-0.3, -0.25) is 10.2 Å². The van der Waals surface area contributed by atoms with E-state index in [0.717, 1.165) is 65.9 Å². The van der Waals surface area contributed by atoms with Crippen molar-refractivity contribution < 1.29 is 19.0 Å². The number of rotatable bonds is 9. The lowest BCUT2D eigenvalue weighted by Crippen LogP contribution is -2.38. The maximum absolute atomic E-state index is 14.0. The molecule has 2 unspecified atom stereocenters. The summed E-state index contributed by atoms with van der Waals surface area (Å²) < 4.78 is 17.7. The molecule has 2 heterocycles. The van der Waals surface area contributed by atoms with Crippen molar-refractivity contribution in [2.45, 2.75) is 64.8 Å². The van der Waals surface area contributed by atoms with Crippen LogP contribution >= 0.6 is 0 Å². The zero-order valence-corrected chi connectivity index (χ0v) is 24.1. The summed E-state index contributed by atoms with van der Waals surface area (Å²) >= 11 is 0. The number of benzene rings is 2. The number of fused-ring (bicyclic) bond motifs is 3. The molecule has 208 valence electrons. The van der Waals surface area contributed by atoms with Gasteiger partial charge in [0.05, 0.1) is 38.1 Å². The molecule has 2 atom stereocenters.